The number of rotatable bonds is 4. The first-order chi connectivity index (χ1) is 24.6. The van der Waals surface area contributed by atoms with Crippen molar-refractivity contribution in [1.82, 2.24) is 0 Å². The van der Waals surface area contributed by atoms with Gasteiger partial charge in [-0.1, -0.05) is 115 Å². The lowest BCUT2D eigenvalue weighted by molar-refractivity contribution is 0.669. The summed E-state index contributed by atoms with van der Waals surface area (Å²) in [4.78, 5) is 2.47. The predicted octanol–water partition coefficient (Wildman–Crippen LogP) is 14.0. The molecule has 0 spiro atoms. The van der Waals surface area contributed by atoms with E-state index in [0.29, 0.717) is 0 Å². The molecule has 0 N–H and O–H groups in total. The molecular weight excluding hydrogens is 607 g/mol. The third-order valence-electron chi connectivity index (χ3n) is 10.4. The van der Waals surface area contributed by atoms with Crippen LogP contribution in [-0.4, -0.2) is 0 Å². The Bertz CT molecular complexity index is 2860. The molecule has 0 atom stereocenters. The first-order valence-electron chi connectivity index (χ1n) is 17.3. The summed E-state index contributed by atoms with van der Waals surface area (Å²) in [6, 6.07) is 59.5. The van der Waals surface area contributed by atoms with Gasteiger partial charge in [0.2, 0.25) is 0 Å². The van der Waals surface area contributed by atoms with Crippen LogP contribution in [0, 0.1) is 13.8 Å². The number of para-hydroxylation sites is 2. The minimum atomic E-state index is 0.902. The van der Waals surface area contributed by atoms with Crippen molar-refractivity contribution in [2.45, 2.75) is 13.8 Å². The zero-order valence-corrected chi connectivity index (χ0v) is 27.9. The SMILES string of the molecule is Cc1ccccc1N(c1ccccc1C)c1c2ccccc2c(-c2ccc3oc4cc5cc6ccccc6cc5cc4c3c2)c2ccccc12. The molecule has 0 saturated carbocycles. The van der Waals surface area contributed by atoms with E-state index < -0.39 is 0 Å². The Morgan fingerprint density at radius 2 is 0.880 bits per heavy atom. The van der Waals surface area contributed by atoms with Crippen molar-refractivity contribution in [1.29, 1.82) is 0 Å². The van der Waals surface area contributed by atoms with Gasteiger partial charge in [-0.15, -0.1) is 0 Å². The second-order valence-corrected chi connectivity index (χ2v) is 13.4. The monoisotopic (exact) mass is 639 g/mol. The number of hydrogen-bond acceptors (Lipinski definition) is 2. The van der Waals surface area contributed by atoms with Crippen LogP contribution in [0.3, 0.4) is 0 Å². The number of aryl methyl sites for hydroxylation is 2. The summed E-state index contributed by atoms with van der Waals surface area (Å²) >= 11 is 0. The molecule has 0 fully saturated rings. The predicted molar refractivity (Wildman–Crippen MR) is 213 cm³/mol. The lowest BCUT2D eigenvalue weighted by Crippen LogP contribution is -2.14. The van der Waals surface area contributed by atoms with Crippen molar-refractivity contribution >= 4 is 82.1 Å². The van der Waals surface area contributed by atoms with Crippen molar-refractivity contribution < 1.29 is 4.42 Å². The van der Waals surface area contributed by atoms with E-state index >= 15 is 0 Å². The zero-order valence-electron chi connectivity index (χ0n) is 27.9. The van der Waals surface area contributed by atoms with Crippen LogP contribution in [0.25, 0.3) is 76.2 Å². The van der Waals surface area contributed by atoms with Crippen LogP contribution < -0.4 is 4.90 Å². The molecule has 0 aliphatic carbocycles. The van der Waals surface area contributed by atoms with E-state index in [2.05, 4.69) is 183 Å². The second-order valence-electron chi connectivity index (χ2n) is 13.4. The molecule has 1 aromatic heterocycles. The molecule has 0 radical (unpaired) electrons. The van der Waals surface area contributed by atoms with Crippen molar-refractivity contribution in [2.75, 3.05) is 4.90 Å². The molecule has 0 amide bonds. The molecule has 0 aliphatic rings. The summed E-state index contributed by atoms with van der Waals surface area (Å²) in [5.74, 6) is 0. The van der Waals surface area contributed by atoms with Crippen LogP contribution in [-0.2, 0) is 0 Å². The van der Waals surface area contributed by atoms with Crippen LogP contribution in [0.15, 0.2) is 168 Å². The number of hydrogen-bond donors (Lipinski definition) is 0. The van der Waals surface area contributed by atoms with Crippen molar-refractivity contribution in [2.24, 2.45) is 0 Å². The third kappa shape index (κ3) is 4.35. The number of nitrogens with zero attached hydrogens (tertiary/aromatic N) is 1. The lowest BCUT2D eigenvalue weighted by Gasteiger charge is -2.31. The summed E-state index contributed by atoms with van der Waals surface area (Å²) in [6.07, 6.45) is 0. The number of anilines is 3. The van der Waals surface area contributed by atoms with Crippen molar-refractivity contribution in [3.63, 3.8) is 0 Å². The summed E-state index contributed by atoms with van der Waals surface area (Å²) < 4.78 is 6.50. The Balaban J connectivity index is 1.26. The van der Waals surface area contributed by atoms with E-state index in [-0.39, 0.29) is 0 Å². The quantitative estimate of drug-likeness (QED) is 0.178. The van der Waals surface area contributed by atoms with Gasteiger partial charge in [0.15, 0.2) is 0 Å². The Morgan fingerprint density at radius 1 is 0.380 bits per heavy atom. The fraction of sp³-hybridized carbons (Fsp3) is 0.0417. The van der Waals surface area contributed by atoms with Gasteiger partial charge in [0.1, 0.15) is 11.2 Å². The normalized spacial score (nSPS) is 11.8. The highest BCUT2D eigenvalue weighted by Crippen LogP contribution is 2.49. The first-order valence-corrected chi connectivity index (χ1v) is 17.3. The van der Waals surface area contributed by atoms with Gasteiger partial charge in [0, 0.05) is 32.9 Å². The molecule has 10 aromatic rings. The maximum Gasteiger partial charge on any atom is 0.136 e. The molecule has 2 nitrogen and oxygen atoms in total. The largest absolute Gasteiger partial charge is 0.456 e. The highest BCUT2D eigenvalue weighted by molar-refractivity contribution is 6.23. The van der Waals surface area contributed by atoms with E-state index in [0.717, 1.165) is 21.9 Å². The van der Waals surface area contributed by atoms with E-state index in [1.165, 1.54) is 82.4 Å². The van der Waals surface area contributed by atoms with E-state index in [1.807, 2.05) is 0 Å². The van der Waals surface area contributed by atoms with Crippen molar-refractivity contribution in [3.8, 4) is 11.1 Å². The number of benzene rings is 9. The molecule has 0 aliphatic heterocycles. The van der Waals surface area contributed by atoms with Gasteiger partial charge in [-0.3, -0.25) is 0 Å². The minimum absolute atomic E-state index is 0.902. The van der Waals surface area contributed by atoms with Crippen LogP contribution in [0.5, 0.6) is 0 Å². The average molecular weight is 640 g/mol. The maximum absolute atomic E-state index is 6.50. The molecular formula is C48H33NO. The molecule has 0 unspecified atom stereocenters. The standard InChI is InChI=1S/C48H33NO/c1-30-13-3-11-21-43(30)49(44-22-12-4-14-31(44)2)48-39-19-9-7-17-37(39)47(38-18-8-10-20-40(38)48)34-23-24-45-41(27-34)42-28-35-25-32-15-5-6-16-33(32)26-36(35)29-46(42)50-45/h3-29H,1-2H3. The van der Waals surface area contributed by atoms with Gasteiger partial charge < -0.3 is 9.32 Å². The van der Waals surface area contributed by atoms with Crippen LogP contribution in [0.2, 0.25) is 0 Å². The van der Waals surface area contributed by atoms with E-state index in [9.17, 15) is 0 Å². The summed E-state index contributed by atoms with van der Waals surface area (Å²) in [5, 5.41) is 12.0. The second kappa shape index (κ2) is 11.1. The van der Waals surface area contributed by atoms with Gasteiger partial charge in [-0.05, 0) is 117 Å². The van der Waals surface area contributed by atoms with Gasteiger partial charge >= 0.3 is 0 Å². The molecule has 2 heteroatoms. The average Bonchev–Trinajstić information content (AvgIpc) is 3.50. The third-order valence-corrected chi connectivity index (χ3v) is 10.4. The number of furan rings is 1. The van der Waals surface area contributed by atoms with E-state index in [4.69, 9.17) is 4.42 Å². The van der Waals surface area contributed by atoms with Gasteiger partial charge in [0.05, 0.1) is 5.69 Å². The van der Waals surface area contributed by atoms with Gasteiger partial charge in [-0.25, -0.2) is 0 Å². The highest BCUT2D eigenvalue weighted by atomic mass is 16.3. The fourth-order valence-electron chi connectivity index (χ4n) is 8.03. The lowest BCUT2D eigenvalue weighted by atomic mass is 9.89. The smallest absolute Gasteiger partial charge is 0.136 e. The maximum atomic E-state index is 6.50. The fourth-order valence-corrected chi connectivity index (χ4v) is 8.03. The van der Waals surface area contributed by atoms with Crippen LogP contribution in [0.1, 0.15) is 11.1 Å². The number of fused-ring (bicyclic) bond motifs is 7. The van der Waals surface area contributed by atoms with Crippen molar-refractivity contribution in [3.05, 3.63) is 175 Å². The first kappa shape index (κ1) is 28.6. The van der Waals surface area contributed by atoms with Gasteiger partial charge in [0.25, 0.3) is 0 Å². The summed E-state index contributed by atoms with van der Waals surface area (Å²) in [7, 11) is 0. The molecule has 0 saturated heterocycles. The van der Waals surface area contributed by atoms with Crippen LogP contribution >= 0.6 is 0 Å². The molecule has 0 bridgehead atoms. The Morgan fingerprint density at radius 3 is 1.48 bits per heavy atom. The topological polar surface area (TPSA) is 16.4 Å². The highest BCUT2D eigenvalue weighted by Gasteiger charge is 2.24. The Labute approximate surface area is 290 Å². The molecule has 1 heterocycles. The zero-order chi connectivity index (χ0) is 33.3. The van der Waals surface area contributed by atoms with Gasteiger partial charge in [-0.2, -0.15) is 0 Å². The molecule has 9 aromatic carbocycles. The molecule has 236 valence electrons. The Kier molecular flexibility index (Phi) is 6.34. The molecule has 50 heavy (non-hydrogen) atoms. The van der Waals surface area contributed by atoms with Crippen LogP contribution in [0.4, 0.5) is 17.1 Å². The summed E-state index contributed by atoms with van der Waals surface area (Å²) in [5.41, 5.74) is 10.2. The molecule has 10 rings (SSSR count). The minimum Gasteiger partial charge on any atom is -0.456 e. The Hall–Kier alpha value is -6.38. The van der Waals surface area contributed by atoms with E-state index in [1.54, 1.807) is 0 Å². The summed E-state index contributed by atoms with van der Waals surface area (Å²) in [6.45, 7) is 4.41.